The molecular formula is C16H15BrO4. The monoisotopic (exact) mass is 350 g/mol. The molecule has 0 saturated carbocycles. The summed E-state index contributed by atoms with van der Waals surface area (Å²) in [5, 5.41) is 0. The maximum Gasteiger partial charge on any atom is 0.339 e. The quantitative estimate of drug-likeness (QED) is 0.769. The molecule has 0 aliphatic carbocycles. The molecule has 0 amide bonds. The van der Waals surface area contributed by atoms with E-state index in [0.717, 1.165) is 5.56 Å². The molecule has 0 aliphatic heterocycles. The van der Waals surface area contributed by atoms with Crippen LogP contribution in [0.25, 0.3) is 0 Å². The summed E-state index contributed by atoms with van der Waals surface area (Å²) in [5.41, 5.74) is 1.33. The van der Waals surface area contributed by atoms with E-state index in [2.05, 4.69) is 15.9 Å². The minimum atomic E-state index is -0.378. The van der Waals surface area contributed by atoms with Gasteiger partial charge in [0.2, 0.25) is 0 Å². The lowest BCUT2D eigenvalue weighted by Crippen LogP contribution is -2.06. The van der Waals surface area contributed by atoms with Crippen molar-refractivity contribution in [3.05, 3.63) is 58.1 Å². The van der Waals surface area contributed by atoms with Crippen molar-refractivity contribution in [2.24, 2.45) is 0 Å². The van der Waals surface area contributed by atoms with Crippen molar-refractivity contribution in [3.8, 4) is 11.5 Å². The Kier molecular flexibility index (Phi) is 5.22. The molecule has 5 heteroatoms. The first kappa shape index (κ1) is 15.4. The molecule has 0 radical (unpaired) electrons. The first-order valence-corrected chi connectivity index (χ1v) is 7.07. The van der Waals surface area contributed by atoms with Crippen molar-refractivity contribution in [3.63, 3.8) is 0 Å². The van der Waals surface area contributed by atoms with Crippen LogP contribution in [0.2, 0.25) is 0 Å². The number of rotatable bonds is 5. The van der Waals surface area contributed by atoms with E-state index < -0.39 is 0 Å². The van der Waals surface area contributed by atoms with Gasteiger partial charge in [-0.05, 0) is 45.8 Å². The fourth-order valence-corrected chi connectivity index (χ4v) is 2.27. The Bertz CT molecular complexity index is 640. The van der Waals surface area contributed by atoms with Crippen LogP contribution in [0.15, 0.2) is 46.9 Å². The summed E-state index contributed by atoms with van der Waals surface area (Å²) in [5.74, 6) is 0.864. The third-order valence-corrected chi connectivity index (χ3v) is 3.60. The normalized spacial score (nSPS) is 10.0. The highest BCUT2D eigenvalue weighted by Crippen LogP contribution is 2.28. The second-order valence-electron chi connectivity index (χ2n) is 4.25. The van der Waals surface area contributed by atoms with Crippen LogP contribution < -0.4 is 9.47 Å². The molecule has 0 unspecified atom stereocenters. The molecule has 0 saturated heterocycles. The van der Waals surface area contributed by atoms with Crippen LogP contribution in [0.3, 0.4) is 0 Å². The second kappa shape index (κ2) is 7.13. The number of ether oxygens (including phenoxy) is 3. The van der Waals surface area contributed by atoms with Crippen LogP contribution in [-0.4, -0.2) is 20.2 Å². The SMILES string of the molecule is COc1ccc(COC(=O)c2ccccc2Br)cc1OC. The predicted molar refractivity (Wildman–Crippen MR) is 82.8 cm³/mol. The highest BCUT2D eigenvalue weighted by Gasteiger charge is 2.11. The Labute approximate surface area is 131 Å². The summed E-state index contributed by atoms with van der Waals surface area (Å²) >= 11 is 3.33. The van der Waals surface area contributed by atoms with Gasteiger partial charge in [-0.2, -0.15) is 0 Å². The van der Waals surface area contributed by atoms with Crippen LogP contribution >= 0.6 is 15.9 Å². The van der Waals surface area contributed by atoms with Crippen molar-refractivity contribution in [2.75, 3.05) is 14.2 Å². The zero-order chi connectivity index (χ0) is 15.2. The zero-order valence-corrected chi connectivity index (χ0v) is 13.3. The first-order chi connectivity index (χ1) is 10.2. The first-order valence-electron chi connectivity index (χ1n) is 6.28. The summed E-state index contributed by atoms with van der Waals surface area (Å²) in [6.45, 7) is 0.167. The number of carbonyl (C=O) groups excluding carboxylic acids is 1. The molecule has 21 heavy (non-hydrogen) atoms. The molecule has 0 aliphatic rings. The van der Waals surface area contributed by atoms with E-state index in [1.807, 2.05) is 12.1 Å². The van der Waals surface area contributed by atoms with Crippen molar-refractivity contribution >= 4 is 21.9 Å². The fraction of sp³-hybridized carbons (Fsp3) is 0.188. The van der Waals surface area contributed by atoms with Crippen LogP contribution in [0, 0.1) is 0 Å². The lowest BCUT2D eigenvalue weighted by Gasteiger charge is -2.10. The van der Waals surface area contributed by atoms with Gasteiger partial charge in [-0.15, -0.1) is 0 Å². The van der Waals surface area contributed by atoms with Gasteiger partial charge < -0.3 is 14.2 Å². The predicted octanol–water partition coefficient (Wildman–Crippen LogP) is 3.82. The molecule has 0 fully saturated rings. The number of carbonyl (C=O) groups is 1. The Morgan fingerprint density at radius 2 is 1.76 bits per heavy atom. The van der Waals surface area contributed by atoms with Crippen LogP contribution in [0.4, 0.5) is 0 Å². The highest BCUT2D eigenvalue weighted by atomic mass is 79.9. The molecule has 2 aromatic carbocycles. The molecule has 0 heterocycles. The molecule has 2 rings (SSSR count). The number of hydrogen-bond acceptors (Lipinski definition) is 4. The van der Waals surface area contributed by atoms with E-state index in [4.69, 9.17) is 14.2 Å². The average Bonchev–Trinajstić information content (AvgIpc) is 2.52. The lowest BCUT2D eigenvalue weighted by molar-refractivity contribution is 0.0471. The minimum Gasteiger partial charge on any atom is -0.493 e. The largest absolute Gasteiger partial charge is 0.493 e. The van der Waals surface area contributed by atoms with Crippen LogP contribution in [0.1, 0.15) is 15.9 Å². The lowest BCUT2D eigenvalue weighted by atomic mass is 10.2. The van der Waals surface area contributed by atoms with Gasteiger partial charge in [0.15, 0.2) is 11.5 Å². The molecule has 110 valence electrons. The fourth-order valence-electron chi connectivity index (χ4n) is 1.82. The Morgan fingerprint density at radius 3 is 2.43 bits per heavy atom. The van der Waals surface area contributed by atoms with Crippen molar-refractivity contribution in [1.82, 2.24) is 0 Å². The molecule has 0 spiro atoms. The summed E-state index contributed by atoms with van der Waals surface area (Å²) in [6, 6.07) is 12.5. The highest BCUT2D eigenvalue weighted by molar-refractivity contribution is 9.10. The summed E-state index contributed by atoms with van der Waals surface area (Å²) in [7, 11) is 3.14. The third-order valence-electron chi connectivity index (χ3n) is 2.91. The molecule has 4 nitrogen and oxygen atoms in total. The minimum absolute atomic E-state index is 0.167. The molecular weight excluding hydrogens is 336 g/mol. The van der Waals surface area contributed by atoms with Gasteiger partial charge in [-0.25, -0.2) is 4.79 Å². The Hall–Kier alpha value is -2.01. The molecule has 0 atom stereocenters. The van der Waals surface area contributed by atoms with E-state index >= 15 is 0 Å². The summed E-state index contributed by atoms with van der Waals surface area (Å²) in [6.07, 6.45) is 0. The number of halogens is 1. The number of methoxy groups -OCH3 is 2. The van der Waals surface area contributed by atoms with Gasteiger partial charge >= 0.3 is 5.97 Å². The number of esters is 1. The maximum atomic E-state index is 12.0. The number of benzene rings is 2. The van der Waals surface area contributed by atoms with Crippen molar-refractivity contribution in [2.45, 2.75) is 6.61 Å². The van der Waals surface area contributed by atoms with E-state index in [1.54, 1.807) is 44.6 Å². The summed E-state index contributed by atoms with van der Waals surface area (Å²) in [4.78, 5) is 12.0. The summed E-state index contributed by atoms with van der Waals surface area (Å²) < 4.78 is 16.4. The van der Waals surface area contributed by atoms with E-state index in [9.17, 15) is 4.79 Å². The zero-order valence-electron chi connectivity index (χ0n) is 11.8. The Morgan fingerprint density at radius 1 is 1.05 bits per heavy atom. The van der Waals surface area contributed by atoms with Gasteiger partial charge in [0, 0.05) is 4.47 Å². The molecule has 0 bridgehead atoms. The van der Waals surface area contributed by atoms with Gasteiger partial charge in [-0.1, -0.05) is 18.2 Å². The van der Waals surface area contributed by atoms with Crippen LogP contribution in [-0.2, 0) is 11.3 Å². The number of hydrogen-bond donors (Lipinski definition) is 0. The topological polar surface area (TPSA) is 44.8 Å². The smallest absolute Gasteiger partial charge is 0.339 e. The van der Waals surface area contributed by atoms with E-state index in [-0.39, 0.29) is 12.6 Å². The van der Waals surface area contributed by atoms with Crippen molar-refractivity contribution in [1.29, 1.82) is 0 Å². The standard InChI is InChI=1S/C16H15BrO4/c1-19-14-8-7-11(9-15(14)20-2)10-21-16(18)12-5-3-4-6-13(12)17/h3-9H,10H2,1-2H3. The van der Waals surface area contributed by atoms with Gasteiger partial charge in [0.25, 0.3) is 0 Å². The van der Waals surface area contributed by atoms with E-state index in [1.165, 1.54) is 0 Å². The van der Waals surface area contributed by atoms with Gasteiger partial charge in [0.05, 0.1) is 19.8 Å². The van der Waals surface area contributed by atoms with Crippen molar-refractivity contribution < 1.29 is 19.0 Å². The van der Waals surface area contributed by atoms with Gasteiger partial charge in [0.1, 0.15) is 6.61 Å². The second-order valence-corrected chi connectivity index (χ2v) is 5.10. The Balaban J connectivity index is 2.06. The van der Waals surface area contributed by atoms with Crippen LogP contribution in [0.5, 0.6) is 11.5 Å². The van der Waals surface area contributed by atoms with E-state index in [0.29, 0.717) is 21.5 Å². The third kappa shape index (κ3) is 3.76. The average molecular weight is 351 g/mol. The van der Waals surface area contributed by atoms with Gasteiger partial charge in [-0.3, -0.25) is 0 Å². The molecule has 0 N–H and O–H groups in total. The molecule has 0 aromatic heterocycles. The molecule has 2 aromatic rings. The maximum absolute atomic E-state index is 12.0.